The third-order valence-electron chi connectivity index (χ3n) is 4.00. The Bertz CT molecular complexity index is 860. The summed E-state index contributed by atoms with van der Waals surface area (Å²) in [5, 5.41) is 0. The van der Waals surface area contributed by atoms with Crippen molar-refractivity contribution in [3.05, 3.63) is 32.9 Å². The van der Waals surface area contributed by atoms with Gasteiger partial charge in [0, 0.05) is 0 Å². The molecule has 160 valence electrons. The van der Waals surface area contributed by atoms with Crippen LogP contribution in [0.4, 0.5) is 26.3 Å². The molecule has 0 spiro atoms. The second-order valence-corrected chi connectivity index (χ2v) is 7.85. The standard InChI is InChI=1S/C12H13F6N2O7P/c13-5-2-20(10(22)19-9(5)21)8-1-6-7(26-8)3-24-28(23,27-6)25-4-11(14,15)12(16,17)18/h2,6-8,23,28H,1,3-4H2,(H,19,21,22)/t6-,7+,8+/m0/s1. The number of nitrogens with zero attached hydrogens (tertiary/aromatic N) is 1. The van der Waals surface area contributed by atoms with Gasteiger partial charge < -0.3 is 0 Å². The van der Waals surface area contributed by atoms with Crippen LogP contribution >= 0.6 is 8.17 Å². The van der Waals surface area contributed by atoms with Crippen LogP contribution in [0.1, 0.15) is 12.6 Å². The Morgan fingerprint density at radius 3 is 2.61 bits per heavy atom. The molecule has 1 aromatic rings. The zero-order valence-electron chi connectivity index (χ0n) is 13.5. The van der Waals surface area contributed by atoms with Crippen molar-refractivity contribution in [3.63, 3.8) is 0 Å². The SMILES string of the molecule is O=c1[nH]c(=O)n([C@H]2C[C@@H]3O[PH](O)(OCC(F)(F)C(F)(F)F)OC[C@H]3O2)cc1F. The topological polar surface area (TPSA) is 112 Å². The predicted octanol–water partition coefficient (Wildman–Crippen LogP) is 0.995. The number of ether oxygens (including phenoxy) is 1. The van der Waals surface area contributed by atoms with Crippen LogP contribution in [0.3, 0.4) is 0 Å². The summed E-state index contributed by atoms with van der Waals surface area (Å²) >= 11 is 0. The van der Waals surface area contributed by atoms with Gasteiger partial charge in [0.05, 0.1) is 0 Å². The summed E-state index contributed by atoms with van der Waals surface area (Å²) in [7, 11) is -4.85. The first-order valence-electron chi connectivity index (χ1n) is 7.60. The van der Waals surface area contributed by atoms with Crippen molar-refractivity contribution in [1.29, 1.82) is 0 Å². The van der Waals surface area contributed by atoms with E-state index in [0.717, 1.165) is 0 Å². The molecule has 0 aromatic carbocycles. The summed E-state index contributed by atoms with van der Waals surface area (Å²) in [6.45, 7) is -2.71. The Kier molecular flexibility index (Phi) is 5.36. The van der Waals surface area contributed by atoms with E-state index in [1.165, 1.54) is 0 Å². The summed E-state index contributed by atoms with van der Waals surface area (Å²) in [6.07, 6.45) is -8.78. The summed E-state index contributed by atoms with van der Waals surface area (Å²) in [5.41, 5.74) is -2.26. The van der Waals surface area contributed by atoms with Crippen LogP contribution in [0.2, 0.25) is 0 Å². The molecule has 0 amide bonds. The fourth-order valence-electron chi connectivity index (χ4n) is 2.57. The van der Waals surface area contributed by atoms with E-state index in [9.17, 15) is 40.8 Å². The van der Waals surface area contributed by atoms with Gasteiger partial charge in [0.2, 0.25) is 0 Å². The van der Waals surface area contributed by atoms with Gasteiger partial charge in [-0.25, -0.2) is 0 Å². The van der Waals surface area contributed by atoms with Crippen LogP contribution in [0.15, 0.2) is 15.8 Å². The van der Waals surface area contributed by atoms with E-state index < -0.39 is 69.0 Å². The summed E-state index contributed by atoms with van der Waals surface area (Å²) in [4.78, 5) is 34.5. The van der Waals surface area contributed by atoms with Crippen molar-refractivity contribution >= 4 is 8.17 Å². The Morgan fingerprint density at radius 2 is 1.96 bits per heavy atom. The van der Waals surface area contributed by atoms with Gasteiger partial charge in [-0.1, -0.05) is 0 Å². The van der Waals surface area contributed by atoms with Gasteiger partial charge in [-0.15, -0.1) is 0 Å². The minimum atomic E-state index is -5.90. The summed E-state index contributed by atoms with van der Waals surface area (Å²) in [6, 6.07) is 0. The number of hydrogen-bond acceptors (Lipinski definition) is 7. The van der Waals surface area contributed by atoms with Gasteiger partial charge in [0.25, 0.3) is 0 Å². The zero-order chi connectivity index (χ0) is 20.9. The maximum absolute atomic E-state index is 13.4. The molecule has 9 nitrogen and oxygen atoms in total. The molecule has 28 heavy (non-hydrogen) atoms. The first-order chi connectivity index (χ1) is 12.8. The number of aromatic amines is 1. The maximum atomic E-state index is 13.4. The third kappa shape index (κ3) is 4.09. The molecule has 1 aromatic heterocycles. The average molecular weight is 442 g/mol. The number of rotatable bonds is 4. The molecule has 2 fully saturated rings. The Labute approximate surface area is 151 Å². The number of aromatic nitrogens is 2. The van der Waals surface area contributed by atoms with Gasteiger partial charge in [0.15, 0.2) is 0 Å². The zero-order valence-corrected chi connectivity index (χ0v) is 14.5. The van der Waals surface area contributed by atoms with Crippen molar-refractivity contribution in [2.24, 2.45) is 0 Å². The molecule has 2 aliphatic rings. The van der Waals surface area contributed by atoms with Crippen LogP contribution in [0, 0.1) is 5.82 Å². The van der Waals surface area contributed by atoms with Crippen molar-refractivity contribution < 1.29 is 49.5 Å². The van der Waals surface area contributed by atoms with Crippen molar-refractivity contribution in [2.45, 2.75) is 37.0 Å². The molecular formula is C12H13F6N2O7P. The predicted molar refractivity (Wildman–Crippen MR) is 78.1 cm³/mol. The van der Waals surface area contributed by atoms with E-state index in [1.807, 2.05) is 0 Å². The average Bonchev–Trinajstić information content (AvgIpc) is 2.98. The van der Waals surface area contributed by atoms with Gasteiger partial charge in [0.1, 0.15) is 0 Å². The molecule has 16 heteroatoms. The fourth-order valence-corrected chi connectivity index (χ4v) is 4.16. The molecule has 0 aliphatic carbocycles. The Morgan fingerprint density at radius 1 is 1.29 bits per heavy atom. The van der Waals surface area contributed by atoms with Crippen molar-refractivity contribution in [2.75, 3.05) is 13.2 Å². The number of alkyl halides is 5. The fraction of sp³-hybridized carbons (Fsp3) is 0.667. The first-order valence-corrected chi connectivity index (χ1v) is 9.27. The number of hydrogen-bond donors (Lipinski definition) is 2. The van der Waals surface area contributed by atoms with E-state index in [2.05, 4.69) is 4.52 Å². The Hall–Kier alpha value is -1.51. The molecule has 0 unspecified atom stereocenters. The second-order valence-electron chi connectivity index (χ2n) is 5.99. The summed E-state index contributed by atoms with van der Waals surface area (Å²) in [5.74, 6) is -6.52. The molecule has 2 saturated heterocycles. The molecule has 3 rings (SSSR count). The molecular weight excluding hydrogens is 429 g/mol. The van der Waals surface area contributed by atoms with Gasteiger partial charge in [-0.3, -0.25) is 0 Å². The van der Waals surface area contributed by atoms with E-state index in [0.29, 0.717) is 10.8 Å². The molecule has 2 aliphatic heterocycles. The third-order valence-corrected chi connectivity index (χ3v) is 5.64. The normalized spacial score (nSPS) is 28.8. The van der Waals surface area contributed by atoms with Crippen LogP contribution in [0.5, 0.6) is 0 Å². The van der Waals surface area contributed by atoms with E-state index in [4.69, 9.17) is 13.8 Å². The van der Waals surface area contributed by atoms with Crippen LogP contribution < -0.4 is 11.2 Å². The molecule has 2 N–H and O–H groups in total. The van der Waals surface area contributed by atoms with Gasteiger partial charge >= 0.3 is 150 Å². The van der Waals surface area contributed by atoms with Crippen LogP contribution in [-0.4, -0.2) is 52.0 Å². The number of nitrogens with one attached hydrogen (secondary N) is 1. The minimum absolute atomic E-state index is 0.228. The van der Waals surface area contributed by atoms with Crippen LogP contribution in [-0.2, 0) is 18.3 Å². The van der Waals surface area contributed by atoms with Crippen molar-refractivity contribution in [1.82, 2.24) is 9.55 Å². The monoisotopic (exact) mass is 442 g/mol. The second kappa shape index (κ2) is 7.07. The summed E-state index contributed by atoms with van der Waals surface area (Å²) < 4.78 is 95.8. The molecule has 0 radical (unpaired) electrons. The van der Waals surface area contributed by atoms with Gasteiger partial charge in [-0.05, 0) is 0 Å². The van der Waals surface area contributed by atoms with E-state index in [-0.39, 0.29) is 6.42 Å². The van der Waals surface area contributed by atoms with E-state index in [1.54, 1.807) is 4.98 Å². The molecule has 3 atom stereocenters. The number of fused-ring (bicyclic) bond motifs is 1. The first kappa shape index (κ1) is 21.2. The van der Waals surface area contributed by atoms with Gasteiger partial charge in [-0.2, -0.15) is 0 Å². The quantitative estimate of drug-likeness (QED) is 0.529. The molecule has 0 saturated carbocycles. The van der Waals surface area contributed by atoms with E-state index >= 15 is 0 Å². The molecule has 0 bridgehead atoms. The van der Waals surface area contributed by atoms with Crippen LogP contribution in [0.25, 0.3) is 0 Å². The van der Waals surface area contributed by atoms with Crippen molar-refractivity contribution in [3.8, 4) is 0 Å². The number of halogens is 6. The Balaban J connectivity index is 1.68. The number of H-pyrrole nitrogens is 1. The molecule has 3 heterocycles.